The van der Waals surface area contributed by atoms with Gasteiger partial charge in [0.2, 0.25) is 5.91 Å². The van der Waals surface area contributed by atoms with E-state index in [1.54, 1.807) is 13.3 Å². The number of methoxy groups -OCH3 is 1. The number of rotatable bonds is 5. The van der Waals surface area contributed by atoms with Crippen LogP contribution in [0.2, 0.25) is 0 Å². The number of carbonyl (C=O) groups excluding carboxylic acids is 1. The summed E-state index contributed by atoms with van der Waals surface area (Å²) in [7, 11) is 3.66. The summed E-state index contributed by atoms with van der Waals surface area (Å²) in [5, 5.41) is 0. The molecule has 1 amide bonds. The van der Waals surface area contributed by atoms with E-state index in [1.165, 1.54) is 0 Å². The van der Waals surface area contributed by atoms with Crippen LogP contribution in [0.5, 0.6) is 5.75 Å². The third kappa shape index (κ3) is 3.52. The number of likely N-dealkylation sites (tertiary alicyclic amines) is 1. The Kier molecular flexibility index (Phi) is 4.79. The van der Waals surface area contributed by atoms with E-state index in [0.717, 1.165) is 54.2 Å². The summed E-state index contributed by atoms with van der Waals surface area (Å²) in [5.74, 6) is 2.35. The second-order valence-corrected chi connectivity index (χ2v) is 7.05. The van der Waals surface area contributed by atoms with E-state index >= 15 is 0 Å². The lowest BCUT2D eigenvalue weighted by Gasteiger charge is -2.16. The first-order valence-electron chi connectivity index (χ1n) is 9.33. The predicted molar refractivity (Wildman–Crippen MR) is 104 cm³/mol. The molecule has 1 aromatic carbocycles. The molecule has 1 saturated heterocycles. The van der Waals surface area contributed by atoms with Gasteiger partial charge in [0, 0.05) is 38.7 Å². The van der Waals surface area contributed by atoms with Crippen LogP contribution in [0.1, 0.15) is 30.1 Å². The molecule has 1 atom stereocenters. The minimum Gasteiger partial charge on any atom is -0.497 e. The van der Waals surface area contributed by atoms with Gasteiger partial charge in [-0.2, -0.15) is 0 Å². The van der Waals surface area contributed by atoms with Gasteiger partial charge in [0.1, 0.15) is 17.1 Å². The van der Waals surface area contributed by atoms with Gasteiger partial charge in [0.05, 0.1) is 7.11 Å². The van der Waals surface area contributed by atoms with Crippen LogP contribution < -0.4 is 4.74 Å². The standard InChI is InChI=1S/C21H24N4O2/c1-24-20(23-18-4-3-12-22-21(18)24)16-11-13-25(14-16)19(26)10-7-15-5-8-17(27-2)9-6-15/h3-6,8-9,12,16H,7,10-11,13-14H2,1-2H3/t16-/m1/s1. The number of aryl methyl sites for hydroxylation is 2. The Labute approximate surface area is 158 Å². The molecule has 1 aliphatic heterocycles. The summed E-state index contributed by atoms with van der Waals surface area (Å²) in [5.41, 5.74) is 2.97. The van der Waals surface area contributed by atoms with Gasteiger partial charge in [-0.05, 0) is 42.7 Å². The van der Waals surface area contributed by atoms with Gasteiger partial charge in [-0.15, -0.1) is 0 Å². The van der Waals surface area contributed by atoms with Gasteiger partial charge in [-0.1, -0.05) is 12.1 Å². The molecular weight excluding hydrogens is 340 g/mol. The Bertz CT molecular complexity index is 948. The van der Waals surface area contributed by atoms with E-state index < -0.39 is 0 Å². The molecule has 2 aromatic heterocycles. The van der Waals surface area contributed by atoms with Gasteiger partial charge in [0.25, 0.3) is 0 Å². The first kappa shape index (κ1) is 17.5. The van der Waals surface area contributed by atoms with Gasteiger partial charge in [0.15, 0.2) is 5.65 Å². The fraction of sp³-hybridized carbons (Fsp3) is 0.381. The first-order chi connectivity index (χ1) is 13.2. The zero-order valence-corrected chi connectivity index (χ0v) is 15.8. The van der Waals surface area contributed by atoms with Crippen molar-refractivity contribution in [1.29, 1.82) is 0 Å². The lowest BCUT2D eigenvalue weighted by atomic mass is 10.1. The number of carbonyl (C=O) groups is 1. The van der Waals surface area contributed by atoms with E-state index in [-0.39, 0.29) is 11.8 Å². The fourth-order valence-electron chi connectivity index (χ4n) is 3.81. The largest absolute Gasteiger partial charge is 0.497 e. The molecule has 3 aromatic rings. The highest BCUT2D eigenvalue weighted by Crippen LogP contribution is 2.28. The van der Waals surface area contributed by atoms with Crippen LogP contribution in [0.4, 0.5) is 0 Å². The van der Waals surface area contributed by atoms with Crippen molar-refractivity contribution in [3.63, 3.8) is 0 Å². The van der Waals surface area contributed by atoms with Crippen LogP contribution >= 0.6 is 0 Å². The molecule has 6 heteroatoms. The average molecular weight is 364 g/mol. The fourth-order valence-corrected chi connectivity index (χ4v) is 3.81. The van der Waals surface area contributed by atoms with Crippen LogP contribution in [-0.2, 0) is 18.3 Å². The molecule has 0 unspecified atom stereocenters. The maximum atomic E-state index is 12.6. The van der Waals surface area contributed by atoms with Gasteiger partial charge in [-0.25, -0.2) is 9.97 Å². The summed E-state index contributed by atoms with van der Waals surface area (Å²) >= 11 is 0. The van der Waals surface area contributed by atoms with Crippen LogP contribution in [0.25, 0.3) is 11.2 Å². The Morgan fingerprint density at radius 1 is 1.26 bits per heavy atom. The van der Waals surface area contributed by atoms with Crippen LogP contribution in [0, 0.1) is 0 Å². The molecular formula is C21H24N4O2. The third-order valence-corrected chi connectivity index (χ3v) is 5.36. The van der Waals surface area contributed by atoms with Crippen LogP contribution in [0.3, 0.4) is 0 Å². The summed E-state index contributed by atoms with van der Waals surface area (Å²) in [4.78, 5) is 23.8. The number of hydrogen-bond acceptors (Lipinski definition) is 4. The molecule has 4 rings (SSSR count). The number of nitrogens with zero attached hydrogens (tertiary/aromatic N) is 4. The number of pyridine rings is 1. The smallest absolute Gasteiger partial charge is 0.222 e. The molecule has 0 N–H and O–H groups in total. The van der Waals surface area contributed by atoms with Crippen molar-refractivity contribution in [2.45, 2.75) is 25.2 Å². The summed E-state index contributed by atoms with van der Waals surface area (Å²) in [6.45, 7) is 1.53. The monoisotopic (exact) mass is 364 g/mol. The molecule has 6 nitrogen and oxygen atoms in total. The Morgan fingerprint density at radius 2 is 2.07 bits per heavy atom. The predicted octanol–water partition coefficient (Wildman–Crippen LogP) is 2.93. The normalized spacial score (nSPS) is 16.8. The lowest BCUT2D eigenvalue weighted by Crippen LogP contribution is -2.28. The molecule has 140 valence electrons. The highest BCUT2D eigenvalue weighted by Gasteiger charge is 2.30. The Hall–Kier alpha value is -2.89. The average Bonchev–Trinajstić information content (AvgIpc) is 3.32. The number of fused-ring (bicyclic) bond motifs is 1. The van der Waals surface area contributed by atoms with Crippen molar-refractivity contribution in [3.8, 4) is 5.75 Å². The van der Waals surface area contributed by atoms with Crippen molar-refractivity contribution in [2.24, 2.45) is 7.05 Å². The van der Waals surface area contributed by atoms with E-state index in [9.17, 15) is 4.79 Å². The molecule has 0 aliphatic carbocycles. The lowest BCUT2D eigenvalue weighted by molar-refractivity contribution is -0.130. The van der Waals surface area contributed by atoms with Crippen molar-refractivity contribution < 1.29 is 9.53 Å². The van der Waals surface area contributed by atoms with Crippen molar-refractivity contribution >= 4 is 17.1 Å². The minimum absolute atomic E-state index is 0.213. The molecule has 0 radical (unpaired) electrons. The van der Waals surface area contributed by atoms with E-state index in [0.29, 0.717) is 6.42 Å². The molecule has 0 bridgehead atoms. The maximum Gasteiger partial charge on any atom is 0.222 e. The highest BCUT2D eigenvalue weighted by molar-refractivity contribution is 5.77. The van der Waals surface area contributed by atoms with Crippen LogP contribution in [-0.4, -0.2) is 45.5 Å². The quantitative estimate of drug-likeness (QED) is 0.698. The van der Waals surface area contributed by atoms with Crippen LogP contribution in [0.15, 0.2) is 42.6 Å². The van der Waals surface area contributed by atoms with Gasteiger partial charge < -0.3 is 14.2 Å². The summed E-state index contributed by atoms with van der Waals surface area (Å²) in [6.07, 6.45) is 4.02. The summed E-state index contributed by atoms with van der Waals surface area (Å²) < 4.78 is 7.23. The molecule has 0 spiro atoms. The number of benzene rings is 1. The molecule has 1 fully saturated rings. The Balaban J connectivity index is 1.38. The maximum absolute atomic E-state index is 12.6. The van der Waals surface area contributed by atoms with Gasteiger partial charge in [-0.3, -0.25) is 4.79 Å². The van der Waals surface area contributed by atoms with E-state index in [1.807, 2.05) is 48.3 Å². The number of hydrogen-bond donors (Lipinski definition) is 0. The topological polar surface area (TPSA) is 60.2 Å². The SMILES string of the molecule is COc1ccc(CCC(=O)N2CC[C@@H](c3nc4cccnc4n3C)C2)cc1. The molecule has 27 heavy (non-hydrogen) atoms. The third-order valence-electron chi connectivity index (χ3n) is 5.36. The molecule has 3 heterocycles. The Morgan fingerprint density at radius 3 is 2.81 bits per heavy atom. The van der Waals surface area contributed by atoms with Gasteiger partial charge >= 0.3 is 0 Å². The number of imidazole rings is 1. The second-order valence-electron chi connectivity index (χ2n) is 7.05. The first-order valence-corrected chi connectivity index (χ1v) is 9.33. The number of ether oxygens (including phenoxy) is 1. The highest BCUT2D eigenvalue weighted by atomic mass is 16.5. The van der Waals surface area contributed by atoms with Crippen molar-refractivity contribution in [3.05, 3.63) is 54.0 Å². The molecule has 0 saturated carbocycles. The number of amides is 1. The van der Waals surface area contributed by atoms with Crippen molar-refractivity contribution in [1.82, 2.24) is 19.4 Å². The number of aromatic nitrogens is 3. The zero-order valence-electron chi connectivity index (χ0n) is 15.8. The molecule has 1 aliphatic rings. The van der Waals surface area contributed by atoms with Crippen molar-refractivity contribution in [2.75, 3.05) is 20.2 Å². The van der Waals surface area contributed by atoms with E-state index in [4.69, 9.17) is 9.72 Å². The van der Waals surface area contributed by atoms with E-state index in [2.05, 4.69) is 9.55 Å². The second kappa shape index (κ2) is 7.39. The minimum atomic E-state index is 0.213. The summed E-state index contributed by atoms with van der Waals surface area (Å²) in [6, 6.07) is 11.8. The zero-order chi connectivity index (χ0) is 18.8.